The molecule has 0 saturated heterocycles. The van der Waals surface area contributed by atoms with Crippen molar-refractivity contribution in [2.45, 2.75) is 52.6 Å². The zero-order valence-electron chi connectivity index (χ0n) is 19.2. The van der Waals surface area contributed by atoms with Crippen LogP contribution in [0.25, 0.3) is 11.3 Å². The van der Waals surface area contributed by atoms with Crippen LogP contribution >= 0.6 is 11.3 Å². The van der Waals surface area contributed by atoms with Gasteiger partial charge in [-0.05, 0) is 48.6 Å². The molecular formula is C25H30F3N3OS. The highest BCUT2D eigenvalue weighted by atomic mass is 32.1. The highest BCUT2D eigenvalue weighted by molar-refractivity contribution is 7.14. The van der Waals surface area contributed by atoms with Crippen LogP contribution < -0.4 is 10.1 Å². The lowest BCUT2D eigenvalue weighted by Gasteiger charge is -2.17. The third-order valence-electron chi connectivity index (χ3n) is 5.34. The maximum atomic E-state index is 13.7. The quantitative estimate of drug-likeness (QED) is 0.302. The van der Waals surface area contributed by atoms with Crippen LogP contribution in [0.4, 0.5) is 24.0 Å². The smallest absolute Gasteiger partial charge is 0.420 e. The topological polar surface area (TPSA) is 47.0 Å². The van der Waals surface area contributed by atoms with Crippen LogP contribution in [0.15, 0.2) is 48.1 Å². The second-order valence-electron chi connectivity index (χ2n) is 8.68. The minimum absolute atomic E-state index is 0.141. The molecule has 178 valence electrons. The predicted molar refractivity (Wildman–Crippen MR) is 128 cm³/mol. The number of halogens is 3. The normalized spacial score (nSPS) is 12.7. The summed E-state index contributed by atoms with van der Waals surface area (Å²) in [5, 5.41) is 5.31. The Morgan fingerprint density at radius 2 is 1.91 bits per heavy atom. The molecule has 1 N–H and O–H groups in total. The Hall–Kier alpha value is -2.61. The molecule has 2 aromatic heterocycles. The highest BCUT2D eigenvalue weighted by Crippen LogP contribution is 2.39. The number of anilines is 2. The molecule has 1 unspecified atom stereocenters. The van der Waals surface area contributed by atoms with Crippen molar-refractivity contribution in [3.8, 4) is 17.0 Å². The van der Waals surface area contributed by atoms with Crippen LogP contribution in [0.5, 0.6) is 5.75 Å². The molecule has 1 aromatic carbocycles. The summed E-state index contributed by atoms with van der Waals surface area (Å²) in [6.07, 6.45) is 2.94. The zero-order chi connectivity index (χ0) is 23.8. The lowest BCUT2D eigenvalue weighted by Crippen LogP contribution is -2.11. The third kappa shape index (κ3) is 7.74. The van der Waals surface area contributed by atoms with E-state index in [-0.39, 0.29) is 12.4 Å². The van der Waals surface area contributed by atoms with E-state index in [0.29, 0.717) is 28.3 Å². The van der Waals surface area contributed by atoms with Gasteiger partial charge in [0, 0.05) is 29.0 Å². The van der Waals surface area contributed by atoms with Crippen LogP contribution in [0.2, 0.25) is 0 Å². The average Bonchev–Trinajstić information content (AvgIpc) is 3.23. The van der Waals surface area contributed by atoms with E-state index in [2.05, 4.69) is 36.1 Å². The van der Waals surface area contributed by atoms with Crippen molar-refractivity contribution in [2.75, 3.05) is 11.9 Å². The van der Waals surface area contributed by atoms with Gasteiger partial charge in [-0.1, -0.05) is 40.0 Å². The van der Waals surface area contributed by atoms with Gasteiger partial charge >= 0.3 is 6.18 Å². The molecule has 0 aliphatic rings. The molecule has 8 heteroatoms. The lowest BCUT2D eigenvalue weighted by atomic mass is 9.98. The van der Waals surface area contributed by atoms with Gasteiger partial charge in [-0.25, -0.2) is 4.98 Å². The van der Waals surface area contributed by atoms with E-state index in [1.54, 1.807) is 18.5 Å². The van der Waals surface area contributed by atoms with Crippen molar-refractivity contribution in [1.29, 1.82) is 0 Å². The number of aromatic nitrogens is 2. The number of benzene rings is 1. The van der Waals surface area contributed by atoms with Gasteiger partial charge in [0.25, 0.3) is 0 Å². The van der Waals surface area contributed by atoms with E-state index in [1.807, 2.05) is 17.5 Å². The van der Waals surface area contributed by atoms with Crippen molar-refractivity contribution in [3.63, 3.8) is 0 Å². The van der Waals surface area contributed by atoms with Crippen molar-refractivity contribution in [1.82, 2.24) is 9.97 Å². The van der Waals surface area contributed by atoms with Crippen molar-refractivity contribution < 1.29 is 17.9 Å². The maximum Gasteiger partial charge on any atom is 0.420 e. The molecule has 33 heavy (non-hydrogen) atoms. The largest absolute Gasteiger partial charge is 0.493 e. The number of hydrogen-bond acceptors (Lipinski definition) is 5. The van der Waals surface area contributed by atoms with E-state index in [4.69, 9.17) is 4.74 Å². The van der Waals surface area contributed by atoms with E-state index < -0.39 is 11.7 Å². The molecule has 0 saturated carbocycles. The van der Waals surface area contributed by atoms with E-state index in [0.717, 1.165) is 30.9 Å². The fraction of sp³-hybridized carbons (Fsp3) is 0.440. The van der Waals surface area contributed by atoms with Crippen LogP contribution in [0, 0.1) is 11.8 Å². The van der Waals surface area contributed by atoms with E-state index in [1.165, 1.54) is 23.8 Å². The number of nitrogens with zero attached hydrogens (tertiary/aromatic N) is 2. The molecule has 0 radical (unpaired) electrons. The van der Waals surface area contributed by atoms with Gasteiger partial charge in [0.2, 0.25) is 0 Å². The van der Waals surface area contributed by atoms with E-state index in [9.17, 15) is 13.2 Å². The van der Waals surface area contributed by atoms with Gasteiger partial charge in [-0.2, -0.15) is 13.2 Å². The summed E-state index contributed by atoms with van der Waals surface area (Å²) in [5.74, 6) is 0.941. The molecule has 0 aliphatic carbocycles. The fourth-order valence-corrected chi connectivity index (χ4v) is 4.19. The average molecular weight is 478 g/mol. The molecule has 4 nitrogen and oxygen atoms in total. The van der Waals surface area contributed by atoms with E-state index >= 15 is 0 Å². The second kappa shape index (κ2) is 11.5. The number of alkyl halides is 3. The standard InChI is InChI=1S/C25H30F3N3OS/c1-17(2)6-4-7-18(3)11-13-32-23-10-9-20(14-21(23)25(26,27)28)30-24-31-22(16-33-24)19-8-5-12-29-15-19/h5,8-10,12,14-18H,4,6-7,11,13H2,1-3H3,(H,30,31). The van der Waals surface area contributed by atoms with Gasteiger partial charge in [-0.3, -0.25) is 4.98 Å². The minimum Gasteiger partial charge on any atom is -0.493 e. The molecule has 2 heterocycles. The number of nitrogens with one attached hydrogen (secondary N) is 1. The molecular weight excluding hydrogens is 447 g/mol. The van der Waals surface area contributed by atoms with Gasteiger partial charge < -0.3 is 10.1 Å². The molecule has 0 aliphatic heterocycles. The number of hydrogen-bond donors (Lipinski definition) is 1. The van der Waals surface area contributed by atoms with Crippen molar-refractivity contribution in [3.05, 3.63) is 53.7 Å². The van der Waals surface area contributed by atoms with Crippen LogP contribution in [0.3, 0.4) is 0 Å². The molecule has 1 atom stereocenters. The predicted octanol–water partition coefficient (Wildman–Crippen LogP) is 8.20. The van der Waals surface area contributed by atoms with Gasteiger partial charge in [-0.15, -0.1) is 11.3 Å². The van der Waals surface area contributed by atoms with Crippen molar-refractivity contribution in [2.24, 2.45) is 11.8 Å². The van der Waals surface area contributed by atoms with Crippen LogP contribution in [0.1, 0.15) is 52.0 Å². The first-order valence-electron chi connectivity index (χ1n) is 11.2. The Labute approximate surface area is 197 Å². The second-order valence-corrected chi connectivity index (χ2v) is 9.54. The molecule has 0 fully saturated rings. The summed E-state index contributed by atoms with van der Waals surface area (Å²) in [6.45, 7) is 6.77. The summed E-state index contributed by atoms with van der Waals surface area (Å²) >= 11 is 1.32. The number of pyridine rings is 1. The summed E-state index contributed by atoms with van der Waals surface area (Å²) in [4.78, 5) is 8.51. The molecule has 0 amide bonds. The SMILES string of the molecule is CC(C)CCCC(C)CCOc1ccc(Nc2nc(-c3cccnc3)cs2)cc1C(F)(F)F. The minimum atomic E-state index is -4.51. The van der Waals surface area contributed by atoms with Gasteiger partial charge in [0.1, 0.15) is 5.75 Å². The molecule has 0 bridgehead atoms. The summed E-state index contributed by atoms with van der Waals surface area (Å²) < 4.78 is 46.6. The first-order valence-corrected chi connectivity index (χ1v) is 12.1. The summed E-state index contributed by atoms with van der Waals surface area (Å²) in [6, 6.07) is 7.73. The maximum absolute atomic E-state index is 13.7. The summed E-state index contributed by atoms with van der Waals surface area (Å²) in [5.41, 5.74) is 1.09. The number of rotatable bonds is 11. The third-order valence-corrected chi connectivity index (χ3v) is 6.10. The van der Waals surface area contributed by atoms with Gasteiger partial charge in [0.15, 0.2) is 5.13 Å². The molecule has 0 spiro atoms. The lowest BCUT2D eigenvalue weighted by molar-refractivity contribution is -0.138. The molecule has 3 rings (SSSR count). The Kier molecular flexibility index (Phi) is 8.72. The Morgan fingerprint density at radius 1 is 1.09 bits per heavy atom. The Morgan fingerprint density at radius 3 is 2.61 bits per heavy atom. The highest BCUT2D eigenvalue weighted by Gasteiger charge is 2.35. The fourth-order valence-electron chi connectivity index (χ4n) is 3.45. The summed E-state index contributed by atoms with van der Waals surface area (Å²) in [7, 11) is 0. The number of thiazole rings is 1. The van der Waals surface area contributed by atoms with Crippen molar-refractivity contribution >= 4 is 22.2 Å². The first-order chi connectivity index (χ1) is 15.7. The Bertz CT molecular complexity index is 1010. The zero-order valence-corrected chi connectivity index (χ0v) is 20.0. The number of ether oxygens (including phenoxy) is 1. The van der Waals surface area contributed by atoms with Gasteiger partial charge in [0.05, 0.1) is 17.9 Å². The monoisotopic (exact) mass is 477 g/mol. The first kappa shape index (κ1) is 25.0. The van der Waals surface area contributed by atoms with Crippen LogP contribution in [-0.4, -0.2) is 16.6 Å². The Balaban J connectivity index is 1.63. The molecule has 3 aromatic rings. The van der Waals surface area contributed by atoms with Crippen LogP contribution in [-0.2, 0) is 6.18 Å².